The number of likely N-dealkylation sites (N-methyl/N-ethyl adjacent to an activating group) is 1. The number of amides is 1. The number of halogens is 2. The van der Waals surface area contributed by atoms with Gasteiger partial charge in [0.2, 0.25) is 5.69 Å². The van der Waals surface area contributed by atoms with Crippen molar-refractivity contribution in [3.8, 4) is 5.75 Å². The number of benzene rings is 1. The third kappa shape index (κ3) is 4.26. The fourth-order valence-electron chi connectivity index (χ4n) is 2.61. The molecule has 0 radical (unpaired) electrons. The molecule has 0 atom stereocenters. The molecule has 2 aromatic heterocycles. The Morgan fingerprint density at radius 1 is 1.31 bits per heavy atom. The Kier molecular flexibility index (Phi) is 5.92. The van der Waals surface area contributed by atoms with Crippen molar-refractivity contribution in [1.29, 1.82) is 0 Å². The van der Waals surface area contributed by atoms with Gasteiger partial charge in [0, 0.05) is 25.2 Å². The summed E-state index contributed by atoms with van der Waals surface area (Å²) in [5, 5.41) is 6.46. The molecule has 0 aliphatic heterocycles. The quantitative estimate of drug-likeness (QED) is 0.475. The summed E-state index contributed by atoms with van der Waals surface area (Å²) in [6.45, 7) is 6.79. The van der Waals surface area contributed by atoms with Crippen LogP contribution in [-0.2, 0) is 11.8 Å². The lowest BCUT2D eigenvalue weighted by Gasteiger charge is -2.13. The minimum Gasteiger partial charge on any atom is -0.478 e. The highest BCUT2D eigenvalue weighted by atomic mass is 35.5. The van der Waals surface area contributed by atoms with Crippen molar-refractivity contribution in [3.05, 3.63) is 62.3 Å². The van der Waals surface area contributed by atoms with E-state index in [1.165, 1.54) is 17.7 Å². The van der Waals surface area contributed by atoms with E-state index in [9.17, 15) is 9.59 Å². The van der Waals surface area contributed by atoms with Crippen molar-refractivity contribution >= 4 is 57.2 Å². The molecule has 0 aliphatic carbocycles. The molecule has 0 unspecified atom stereocenters. The number of anilines is 2. The normalized spacial score (nSPS) is 10.4. The van der Waals surface area contributed by atoms with E-state index in [1.807, 2.05) is 0 Å². The first-order valence-electron chi connectivity index (χ1n) is 8.31. The number of carbonyl (C=O) groups excluding carboxylic acids is 1. The smallest absolute Gasteiger partial charge is 0.293 e. The lowest BCUT2D eigenvalue weighted by Crippen LogP contribution is -2.27. The SMILES string of the molecule is [C-]#[N+]c1cc(Cl)c(Nc2ccc3c(c2)cc(OCC(=O)NC)c(=O)n3C)nc1Cl. The van der Waals surface area contributed by atoms with E-state index in [2.05, 4.69) is 20.5 Å². The third-order valence-electron chi connectivity index (χ3n) is 4.12. The zero-order valence-corrected chi connectivity index (χ0v) is 16.9. The Bertz CT molecular complexity index is 1220. The van der Waals surface area contributed by atoms with Crippen LogP contribution in [0.5, 0.6) is 5.75 Å². The van der Waals surface area contributed by atoms with Gasteiger partial charge in [-0.25, -0.2) is 9.83 Å². The van der Waals surface area contributed by atoms with Gasteiger partial charge in [-0.2, -0.15) is 0 Å². The maximum absolute atomic E-state index is 12.4. The third-order valence-corrected chi connectivity index (χ3v) is 4.69. The molecular weight excluding hydrogens is 417 g/mol. The molecule has 2 heterocycles. The largest absolute Gasteiger partial charge is 0.478 e. The molecule has 0 spiro atoms. The minimum absolute atomic E-state index is 0.0416. The summed E-state index contributed by atoms with van der Waals surface area (Å²) in [6, 6.07) is 8.28. The lowest BCUT2D eigenvalue weighted by molar-refractivity contribution is -0.122. The molecule has 0 saturated carbocycles. The molecule has 3 aromatic rings. The first kappa shape index (κ1) is 20.5. The van der Waals surface area contributed by atoms with Gasteiger partial charge in [-0.3, -0.25) is 9.59 Å². The molecule has 0 fully saturated rings. The fourth-order valence-corrected chi connectivity index (χ4v) is 2.98. The number of carbonyl (C=O) groups is 1. The Morgan fingerprint density at radius 3 is 2.76 bits per heavy atom. The number of fused-ring (bicyclic) bond motifs is 1. The number of rotatable bonds is 5. The fraction of sp³-hybridized carbons (Fsp3) is 0.158. The summed E-state index contributed by atoms with van der Waals surface area (Å²) in [5.74, 6) is 0.00807. The van der Waals surface area contributed by atoms with Crippen molar-refractivity contribution in [2.75, 3.05) is 19.0 Å². The predicted octanol–water partition coefficient (Wildman–Crippen LogP) is 3.66. The van der Waals surface area contributed by atoms with Gasteiger partial charge >= 0.3 is 0 Å². The van der Waals surface area contributed by atoms with Gasteiger partial charge in [0.25, 0.3) is 11.5 Å². The molecule has 0 aliphatic rings. The van der Waals surface area contributed by atoms with E-state index < -0.39 is 0 Å². The van der Waals surface area contributed by atoms with Crippen molar-refractivity contribution in [1.82, 2.24) is 14.9 Å². The minimum atomic E-state index is -0.353. The highest BCUT2D eigenvalue weighted by molar-refractivity contribution is 6.36. The number of aryl methyl sites for hydroxylation is 1. The number of hydrogen-bond acceptors (Lipinski definition) is 5. The van der Waals surface area contributed by atoms with E-state index in [-0.39, 0.29) is 39.7 Å². The Morgan fingerprint density at radius 2 is 2.07 bits per heavy atom. The molecule has 1 amide bonds. The molecule has 8 nitrogen and oxygen atoms in total. The van der Waals surface area contributed by atoms with Crippen LogP contribution < -0.4 is 20.9 Å². The van der Waals surface area contributed by atoms with E-state index in [0.717, 1.165) is 0 Å². The monoisotopic (exact) mass is 431 g/mol. The van der Waals surface area contributed by atoms with Gasteiger partial charge in [0.15, 0.2) is 12.4 Å². The number of aromatic nitrogens is 2. The standard InChI is InChI=1S/C19H15Cl2N5O3/c1-22-13-8-12(20)18(25-17(13)21)24-11-4-5-14-10(6-11)7-15(19(28)26(14)3)29-9-16(27)23-2/h4-8H,9H2,2-3H3,(H,23,27)(H,24,25). The number of nitrogens with one attached hydrogen (secondary N) is 2. The molecule has 3 rings (SSSR count). The zero-order chi connectivity index (χ0) is 21.1. The summed E-state index contributed by atoms with van der Waals surface area (Å²) in [7, 11) is 3.10. The topological polar surface area (TPSA) is 89.6 Å². The molecule has 1 aromatic carbocycles. The van der Waals surface area contributed by atoms with Crippen LogP contribution in [-0.4, -0.2) is 29.1 Å². The summed E-state index contributed by atoms with van der Waals surface area (Å²) in [5.41, 5.74) is 1.12. The number of nitrogens with zero attached hydrogens (tertiary/aromatic N) is 3. The van der Waals surface area contributed by atoms with Crippen LogP contribution in [0.25, 0.3) is 15.7 Å². The van der Waals surface area contributed by atoms with Gasteiger partial charge in [-0.1, -0.05) is 23.2 Å². The number of pyridine rings is 2. The average molecular weight is 432 g/mol. The summed E-state index contributed by atoms with van der Waals surface area (Å²) in [6.07, 6.45) is 0. The molecular formula is C19H15Cl2N5O3. The Labute approximate surface area is 175 Å². The van der Waals surface area contributed by atoms with Crippen LogP contribution >= 0.6 is 23.2 Å². The molecule has 10 heteroatoms. The van der Waals surface area contributed by atoms with E-state index in [0.29, 0.717) is 22.4 Å². The van der Waals surface area contributed by atoms with Crippen molar-refractivity contribution in [3.63, 3.8) is 0 Å². The molecule has 2 N–H and O–H groups in total. The summed E-state index contributed by atoms with van der Waals surface area (Å²) in [4.78, 5) is 31.2. The van der Waals surface area contributed by atoms with Crippen LogP contribution in [0.15, 0.2) is 35.1 Å². The second-order valence-corrected chi connectivity index (χ2v) is 6.74. The van der Waals surface area contributed by atoms with Crippen LogP contribution in [0, 0.1) is 6.57 Å². The zero-order valence-electron chi connectivity index (χ0n) is 15.4. The highest BCUT2D eigenvalue weighted by Gasteiger charge is 2.12. The summed E-state index contributed by atoms with van der Waals surface area (Å²) < 4.78 is 6.79. The van der Waals surface area contributed by atoms with Crippen molar-refractivity contribution < 1.29 is 9.53 Å². The van der Waals surface area contributed by atoms with Crippen molar-refractivity contribution in [2.24, 2.45) is 7.05 Å². The molecule has 0 saturated heterocycles. The van der Waals surface area contributed by atoms with Crippen LogP contribution in [0.2, 0.25) is 10.2 Å². The first-order valence-corrected chi connectivity index (χ1v) is 9.07. The molecule has 148 valence electrons. The summed E-state index contributed by atoms with van der Waals surface area (Å²) >= 11 is 12.2. The van der Waals surface area contributed by atoms with Gasteiger partial charge in [0.1, 0.15) is 11.0 Å². The van der Waals surface area contributed by atoms with Crippen LogP contribution in [0.1, 0.15) is 0 Å². The maximum atomic E-state index is 12.4. The van der Waals surface area contributed by atoms with E-state index >= 15 is 0 Å². The molecule has 29 heavy (non-hydrogen) atoms. The van der Waals surface area contributed by atoms with Gasteiger partial charge in [-0.15, -0.1) is 0 Å². The molecule has 0 bridgehead atoms. The van der Waals surface area contributed by atoms with Gasteiger partial charge < -0.3 is 19.9 Å². The second kappa shape index (κ2) is 8.39. The van der Waals surface area contributed by atoms with Gasteiger partial charge in [-0.05, 0) is 30.3 Å². The van der Waals surface area contributed by atoms with E-state index in [1.54, 1.807) is 31.3 Å². The number of ether oxygens (including phenoxy) is 1. The van der Waals surface area contributed by atoms with Crippen molar-refractivity contribution in [2.45, 2.75) is 0 Å². The van der Waals surface area contributed by atoms with E-state index in [4.69, 9.17) is 34.5 Å². The van der Waals surface area contributed by atoms with Crippen LogP contribution in [0.3, 0.4) is 0 Å². The Hall–Kier alpha value is -3.28. The predicted molar refractivity (Wildman–Crippen MR) is 113 cm³/mol. The van der Waals surface area contributed by atoms with Crippen LogP contribution in [0.4, 0.5) is 17.2 Å². The number of hydrogen-bond donors (Lipinski definition) is 2. The second-order valence-electron chi connectivity index (χ2n) is 5.97. The first-order chi connectivity index (χ1) is 13.8. The Balaban J connectivity index is 1.98. The maximum Gasteiger partial charge on any atom is 0.293 e. The van der Waals surface area contributed by atoms with Gasteiger partial charge in [0.05, 0.1) is 17.1 Å². The highest BCUT2D eigenvalue weighted by Crippen LogP contribution is 2.33. The average Bonchev–Trinajstić information content (AvgIpc) is 2.71. The lowest BCUT2D eigenvalue weighted by atomic mass is 10.2.